The smallest absolute Gasteiger partial charge is 0.416 e. The Morgan fingerprint density at radius 3 is 2.51 bits per heavy atom. The summed E-state index contributed by atoms with van der Waals surface area (Å²) >= 11 is 12.1. The molecule has 0 saturated carbocycles. The fourth-order valence-corrected chi connectivity index (χ4v) is 3.44. The molecule has 0 aliphatic carbocycles. The van der Waals surface area contributed by atoms with Gasteiger partial charge >= 0.3 is 6.18 Å². The molecule has 3 rings (SSSR count). The quantitative estimate of drug-likeness (QED) is 0.265. The summed E-state index contributed by atoms with van der Waals surface area (Å²) in [6, 6.07) is 15.6. The molecular formula is C25H17Cl2F3N2O3. The number of hydrogen-bond acceptors (Lipinski definition) is 4. The van der Waals surface area contributed by atoms with Crippen molar-refractivity contribution in [1.29, 1.82) is 5.26 Å². The van der Waals surface area contributed by atoms with Crippen LogP contribution in [-0.2, 0) is 17.6 Å². The van der Waals surface area contributed by atoms with Gasteiger partial charge in [-0.3, -0.25) is 4.79 Å². The van der Waals surface area contributed by atoms with Gasteiger partial charge in [-0.25, -0.2) is 0 Å². The van der Waals surface area contributed by atoms with Crippen LogP contribution in [0.5, 0.6) is 11.5 Å². The normalized spacial score (nSPS) is 11.5. The van der Waals surface area contributed by atoms with Gasteiger partial charge in [0.05, 0.1) is 12.7 Å². The van der Waals surface area contributed by atoms with E-state index in [1.165, 1.54) is 19.3 Å². The Balaban J connectivity index is 1.77. The van der Waals surface area contributed by atoms with E-state index in [1.807, 2.05) is 0 Å². The predicted octanol–water partition coefficient (Wildman–Crippen LogP) is 7.15. The first-order valence-corrected chi connectivity index (χ1v) is 10.7. The number of ether oxygens (including phenoxy) is 2. The molecule has 1 N–H and O–H groups in total. The average molecular weight is 521 g/mol. The average Bonchev–Trinajstić information content (AvgIpc) is 2.82. The highest BCUT2D eigenvalue weighted by Gasteiger charge is 2.30. The lowest BCUT2D eigenvalue weighted by molar-refractivity contribution is -0.137. The van der Waals surface area contributed by atoms with Gasteiger partial charge in [-0.2, -0.15) is 18.4 Å². The molecule has 35 heavy (non-hydrogen) atoms. The third-order valence-electron chi connectivity index (χ3n) is 4.71. The van der Waals surface area contributed by atoms with E-state index in [0.717, 1.165) is 18.2 Å². The number of nitriles is 1. The first kappa shape index (κ1) is 25.9. The van der Waals surface area contributed by atoms with Crippen molar-refractivity contribution >= 4 is 40.9 Å². The van der Waals surface area contributed by atoms with Gasteiger partial charge in [0, 0.05) is 21.3 Å². The Labute approximate surface area is 209 Å². The SMILES string of the molecule is COc1cc(/C=C(\C#N)C(=O)Nc2cccc(C(F)(F)F)c2)ccc1OCc1ccc(Cl)cc1Cl. The van der Waals surface area contributed by atoms with E-state index >= 15 is 0 Å². The molecule has 0 aliphatic heterocycles. The molecule has 0 spiro atoms. The molecule has 0 atom stereocenters. The summed E-state index contributed by atoms with van der Waals surface area (Å²) in [5.41, 5.74) is -0.174. The molecule has 0 fully saturated rings. The van der Waals surface area contributed by atoms with Gasteiger partial charge in [-0.1, -0.05) is 41.4 Å². The molecule has 180 valence electrons. The van der Waals surface area contributed by atoms with Crippen LogP contribution >= 0.6 is 23.2 Å². The van der Waals surface area contributed by atoms with Crippen molar-refractivity contribution < 1.29 is 27.4 Å². The van der Waals surface area contributed by atoms with Crippen molar-refractivity contribution in [3.8, 4) is 17.6 Å². The molecule has 0 aliphatic rings. The number of nitrogens with zero attached hydrogens (tertiary/aromatic N) is 1. The maximum Gasteiger partial charge on any atom is 0.416 e. The second kappa shape index (κ2) is 11.2. The maximum atomic E-state index is 12.9. The van der Waals surface area contributed by atoms with Crippen LogP contribution in [0.3, 0.4) is 0 Å². The maximum absolute atomic E-state index is 12.9. The molecule has 3 aromatic carbocycles. The summed E-state index contributed by atoms with van der Waals surface area (Å²) in [5, 5.41) is 12.7. The zero-order chi connectivity index (χ0) is 25.6. The number of hydrogen-bond donors (Lipinski definition) is 1. The van der Waals surface area contributed by atoms with Crippen LogP contribution < -0.4 is 14.8 Å². The van der Waals surface area contributed by atoms with Crippen LogP contribution in [0.4, 0.5) is 18.9 Å². The molecule has 0 saturated heterocycles. The van der Waals surface area contributed by atoms with Gasteiger partial charge in [0.1, 0.15) is 18.2 Å². The van der Waals surface area contributed by atoms with Crippen molar-refractivity contribution in [1.82, 2.24) is 0 Å². The van der Waals surface area contributed by atoms with E-state index in [1.54, 1.807) is 42.5 Å². The van der Waals surface area contributed by atoms with Crippen LogP contribution in [0.15, 0.2) is 66.2 Å². The fraction of sp³-hybridized carbons (Fsp3) is 0.120. The molecule has 0 radical (unpaired) electrons. The fourth-order valence-electron chi connectivity index (χ4n) is 2.97. The lowest BCUT2D eigenvalue weighted by Crippen LogP contribution is -2.14. The standard InChI is InChI=1S/C25H17Cl2F3N2O3/c1-34-23-10-15(5-8-22(23)35-14-16-6-7-19(26)12-21(16)27)9-17(13-31)24(33)32-20-4-2-3-18(11-20)25(28,29)30/h2-12H,14H2,1H3,(H,32,33)/b17-9+. The summed E-state index contributed by atoms with van der Waals surface area (Å²) in [7, 11) is 1.43. The van der Waals surface area contributed by atoms with E-state index in [2.05, 4.69) is 5.32 Å². The molecule has 10 heteroatoms. The summed E-state index contributed by atoms with van der Waals surface area (Å²) in [5.74, 6) is -0.134. The lowest BCUT2D eigenvalue weighted by atomic mass is 10.1. The van der Waals surface area contributed by atoms with Crippen LogP contribution in [0.1, 0.15) is 16.7 Å². The Morgan fingerprint density at radius 1 is 1.09 bits per heavy atom. The summed E-state index contributed by atoms with van der Waals surface area (Å²) in [6.45, 7) is 0.143. The monoisotopic (exact) mass is 520 g/mol. The number of anilines is 1. The summed E-state index contributed by atoms with van der Waals surface area (Å²) in [4.78, 5) is 12.5. The number of carbonyl (C=O) groups excluding carboxylic acids is 1. The highest BCUT2D eigenvalue weighted by atomic mass is 35.5. The van der Waals surface area contributed by atoms with Crippen molar-refractivity contribution in [2.45, 2.75) is 12.8 Å². The third-order valence-corrected chi connectivity index (χ3v) is 5.30. The first-order chi connectivity index (χ1) is 16.6. The third kappa shape index (κ3) is 6.92. The van der Waals surface area contributed by atoms with Crippen molar-refractivity contribution in [3.63, 3.8) is 0 Å². The number of methoxy groups -OCH3 is 1. The van der Waals surface area contributed by atoms with E-state index in [4.69, 9.17) is 32.7 Å². The Bertz CT molecular complexity index is 1320. The Morgan fingerprint density at radius 2 is 1.86 bits per heavy atom. The van der Waals surface area contributed by atoms with Crippen LogP contribution in [0.25, 0.3) is 6.08 Å². The first-order valence-electron chi connectivity index (χ1n) is 9.96. The van der Waals surface area contributed by atoms with Crippen molar-refractivity contribution in [2.24, 2.45) is 0 Å². The van der Waals surface area contributed by atoms with E-state index in [-0.39, 0.29) is 17.9 Å². The van der Waals surface area contributed by atoms with Gasteiger partial charge in [-0.15, -0.1) is 0 Å². The topological polar surface area (TPSA) is 71.3 Å². The van der Waals surface area contributed by atoms with Crippen LogP contribution in [-0.4, -0.2) is 13.0 Å². The number of carbonyl (C=O) groups is 1. The van der Waals surface area contributed by atoms with Gasteiger partial charge in [0.2, 0.25) is 0 Å². The Kier molecular flexibility index (Phi) is 8.28. The highest BCUT2D eigenvalue weighted by molar-refractivity contribution is 6.35. The molecule has 0 aromatic heterocycles. The van der Waals surface area contributed by atoms with Crippen LogP contribution in [0, 0.1) is 11.3 Å². The lowest BCUT2D eigenvalue weighted by Gasteiger charge is -2.12. The second-order valence-corrected chi connectivity index (χ2v) is 7.98. The number of rotatable bonds is 7. The molecule has 3 aromatic rings. The van der Waals surface area contributed by atoms with Gasteiger partial charge in [0.25, 0.3) is 5.91 Å². The molecule has 0 heterocycles. The van der Waals surface area contributed by atoms with Crippen molar-refractivity contribution in [3.05, 3.63) is 93.0 Å². The van der Waals surface area contributed by atoms with Crippen LogP contribution in [0.2, 0.25) is 10.0 Å². The molecule has 5 nitrogen and oxygen atoms in total. The number of nitrogens with one attached hydrogen (secondary N) is 1. The molecule has 0 bridgehead atoms. The van der Waals surface area contributed by atoms with E-state index in [0.29, 0.717) is 32.7 Å². The largest absolute Gasteiger partial charge is 0.493 e. The van der Waals surface area contributed by atoms with Gasteiger partial charge in [0.15, 0.2) is 11.5 Å². The van der Waals surface area contributed by atoms with E-state index < -0.39 is 17.6 Å². The minimum Gasteiger partial charge on any atom is -0.493 e. The van der Waals surface area contributed by atoms with Crippen molar-refractivity contribution in [2.75, 3.05) is 12.4 Å². The number of halogens is 5. The van der Waals surface area contributed by atoms with E-state index in [9.17, 15) is 23.2 Å². The minimum atomic E-state index is -4.56. The molecular weight excluding hydrogens is 504 g/mol. The zero-order valence-corrected chi connectivity index (χ0v) is 19.6. The predicted molar refractivity (Wildman–Crippen MR) is 127 cm³/mol. The second-order valence-electron chi connectivity index (χ2n) is 7.14. The Hall–Kier alpha value is -3.67. The molecule has 1 amide bonds. The number of amides is 1. The number of benzene rings is 3. The van der Waals surface area contributed by atoms with Gasteiger partial charge < -0.3 is 14.8 Å². The highest BCUT2D eigenvalue weighted by Crippen LogP contribution is 2.32. The molecule has 0 unspecified atom stereocenters. The number of alkyl halides is 3. The van der Waals surface area contributed by atoms with Gasteiger partial charge in [-0.05, 0) is 54.1 Å². The summed E-state index contributed by atoms with van der Waals surface area (Å²) < 4.78 is 49.8. The minimum absolute atomic E-state index is 0.0897. The zero-order valence-electron chi connectivity index (χ0n) is 18.1. The summed E-state index contributed by atoms with van der Waals surface area (Å²) in [6.07, 6.45) is -3.28.